The van der Waals surface area contributed by atoms with E-state index in [2.05, 4.69) is 25.2 Å². The Morgan fingerprint density at radius 2 is 2.00 bits per heavy atom. The van der Waals surface area contributed by atoms with Crippen LogP contribution in [0.5, 0.6) is 0 Å². The maximum Gasteiger partial charge on any atom is 0.276 e. The topological polar surface area (TPSA) is 123 Å². The van der Waals surface area contributed by atoms with Crippen molar-refractivity contribution in [3.63, 3.8) is 0 Å². The van der Waals surface area contributed by atoms with Crippen LogP contribution in [0.1, 0.15) is 30.3 Å². The molecule has 0 radical (unpaired) electrons. The monoisotopic (exact) mass is 403 g/mol. The summed E-state index contributed by atoms with van der Waals surface area (Å²) in [5.41, 5.74) is 14.7. The van der Waals surface area contributed by atoms with Gasteiger partial charge in [-0.1, -0.05) is 30.3 Å². The lowest BCUT2D eigenvalue weighted by molar-refractivity contribution is 0.102. The van der Waals surface area contributed by atoms with Crippen LogP contribution in [-0.2, 0) is 0 Å². The van der Waals surface area contributed by atoms with Gasteiger partial charge in [0.1, 0.15) is 0 Å². The number of benzene rings is 1. The number of carbonyl (C=O) groups excluding carboxylic acids is 1. The van der Waals surface area contributed by atoms with Gasteiger partial charge in [-0.25, -0.2) is 9.97 Å². The first kappa shape index (κ1) is 19.8. The molecule has 30 heavy (non-hydrogen) atoms. The highest BCUT2D eigenvalue weighted by Crippen LogP contribution is 2.30. The molecule has 1 fully saturated rings. The van der Waals surface area contributed by atoms with Gasteiger partial charge in [-0.2, -0.15) is 0 Å². The number of hydrogen-bond donors (Lipinski definition) is 3. The fraction of sp³-hybridized carbons (Fsp3) is 0.273. The number of aromatic nitrogens is 3. The maximum absolute atomic E-state index is 13.0. The Kier molecular flexibility index (Phi) is 5.33. The van der Waals surface area contributed by atoms with Crippen LogP contribution < -0.4 is 21.7 Å². The average molecular weight is 403 g/mol. The van der Waals surface area contributed by atoms with Crippen LogP contribution in [0.3, 0.4) is 0 Å². The molecule has 154 valence electrons. The van der Waals surface area contributed by atoms with Crippen LogP contribution >= 0.6 is 0 Å². The molecule has 1 atom stereocenters. The standard InChI is InChI=1S/C22H25N7O/c1-22(24)9-5-11-29(14-22)18-8-10-25-13-17(18)27-21(30)19-16(23)12-26-20(28-19)15-6-3-2-4-7-15/h2-4,6-8,10,12-13H,5,9,11,14,23-24H2,1H3,(H,27,30). The molecule has 2 aromatic heterocycles. The summed E-state index contributed by atoms with van der Waals surface area (Å²) < 4.78 is 0. The summed E-state index contributed by atoms with van der Waals surface area (Å²) >= 11 is 0. The van der Waals surface area contributed by atoms with Gasteiger partial charge >= 0.3 is 0 Å². The third-order valence-corrected chi connectivity index (χ3v) is 5.18. The van der Waals surface area contributed by atoms with E-state index in [-0.39, 0.29) is 16.9 Å². The van der Waals surface area contributed by atoms with Crippen molar-refractivity contribution in [3.8, 4) is 11.4 Å². The summed E-state index contributed by atoms with van der Waals surface area (Å²) in [6, 6.07) is 11.3. The van der Waals surface area contributed by atoms with Crippen molar-refractivity contribution in [3.05, 3.63) is 60.7 Å². The van der Waals surface area contributed by atoms with Gasteiger partial charge in [0, 0.05) is 30.4 Å². The predicted octanol–water partition coefficient (Wildman–Crippen LogP) is 2.69. The smallest absolute Gasteiger partial charge is 0.276 e. The fourth-order valence-electron chi connectivity index (χ4n) is 3.71. The van der Waals surface area contributed by atoms with Crippen molar-refractivity contribution >= 4 is 23.0 Å². The molecule has 1 unspecified atom stereocenters. The van der Waals surface area contributed by atoms with E-state index in [4.69, 9.17) is 11.5 Å². The lowest BCUT2D eigenvalue weighted by atomic mass is 9.92. The molecule has 1 saturated heterocycles. The number of carbonyl (C=O) groups is 1. The molecule has 8 nitrogen and oxygen atoms in total. The van der Waals surface area contributed by atoms with Gasteiger partial charge in [-0.05, 0) is 25.8 Å². The SMILES string of the molecule is CC1(N)CCCN(c2ccncc2NC(=O)c2nc(-c3ccccc3)ncc2N)C1. The van der Waals surface area contributed by atoms with Gasteiger partial charge in [0.05, 0.1) is 29.5 Å². The number of hydrogen-bond acceptors (Lipinski definition) is 7. The number of anilines is 3. The number of nitrogens with zero attached hydrogens (tertiary/aromatic N) is 4. The second kappa shape index (κ2) is 8.08. The van der Waals surface area contributed by atoms with Crippen molar-refractivity contribution < 1.29 is 4.79 Å². The fourth-order valence-corrected chi connectivity index (χ4v) is 3.71. The number of pyridine rings is 1. The van der Waals surface area contributed by atoms with E-state index < -0.39 is 5.91 Å². The van der Waals surface area contributed by atoms with Crippen molar-refractivity contribution in [2.45, 2.75) is 25.3 Å². The molecule has 3 heterocycles. The Balaban J connectivity index is 1.61. The summed E-state index contributed by atoms with van der Waals surface area (Å²) in [7, 11) is 0. The van der Waals surface area contributed by atoms with Crippen LogP contribution in [0.4, 0.5) is 17.1 Å². The molecule has 1 aliphatic rings. The summed E-state index contributed by atoms with van der Waals surface area (Å²) in [6.45, 7) is 3.62. The van der Waals surface area contributed by atoms with Gasteiger partial charge in [-0.3, -0.25) is 9.78 Å². The molecule has 3 aromatic rings. The zero-order valence-corrected chi connectivity index (χ0v) is 16.9. The Labute approximate surface area is 175 Å². The number of amides is 1. The zero-order chi connectivity index (χ0) is 21.1. The minimum atomic E-state index is -0.408. The Hall–Kier alpha value is -3.52. The predicted molar refractivity (Wildman–Crippen MR) is 118 cm³/mol. The molecule has 0 aliphatic carbocycles. The van der Waals surface area contributed by atoms with Gasteiger partial charge in [0.25, 0.3) is 5.91 Å². The number of nitrogens with one attached hydrogen (secondary N) is 1. The van der Waals surface area contributed by atoms with E-state index in [1.165, 1.54) is 6.20 Å². The van der Waals surface area contributed by atoms with Crippen molar-refractivity contribution in [2.75, 3.05) is 29.0 Å². The number of nitrogens with two attached hydrogens (primary N) is 2. The molecular formula is C22H25N7O. The number of nitrogen functional groups attached to an aromatic ring is 1. The molecule has 1 aliphatic heterocycles. The summed E-state index contributed by atoms with van der Waals surface area (Å²) in [6.07, 6.45) is 6.75. The highest BCUT2D eigenvalue weighted by Gasteiger charge is 2.28. The van der Waals surface area contributed by atoms with E-state index in [0.717, 1.165) is 30.6 Å². The maximum atomic E-state index is 13.0. The third kappa shape index (κ3) is 4.23. The first-order chi connectivity index (χ1) is 14.4. The van der Waals surface area contributed by atoms with E-state index in [0.29, 0.717) is 18.1 Å². The molecule has 1 aromatic carbocycles. The second-order valence-electron chi connectivity index (χ2n) is 7.89. The highest BCUT2D eigenvalue weighted by molar-refractivity contribution is 6.07. The third-order valence-electron chi connectivity index (χ3n) is 5.18. The Bertz CT molecular complexity index is 1050. The minimum Gasteiger partial charge on any atom is -0.396 e. The van der Waals surface area contributed by atoms with Gasteiger partial charge < -0.3 is 21.7 Å². The highest BCUT2D eigenvalue weighted by atomic mass is 16.1. The molecule has 1 amide bonds. The molecule has 0 bridgehead atoms. The number of piperidine rings is 1. The zero-order valence-electron chi connectivity index (χ0n) is 16.9. The molecule has 5 N–H and O–H groups in total. The molecular weight excluding hydrogens is 378 g/mol. The molecule has 0 saturated carbocycles. The van der Waals surface area contributed by atoms with Crippen LogP contribution in [0.25, 0.3) is 11.4 Å². The Morgan fingerprint density at radius 3 is 2.77 bits per heavy atom. The molecule has 8 heteroatoms. The largest absolute Gasteiger partial charge is 0.396 e. The lowest BCUT2D eigenvalue weighted by Gasteiger charge is -2.39. The summed E-state index contributed by atoms with van der Waals surface area (Å²) in [5.74, 6) is 0.0325. The first-order valence-electron chi connectivity index (χ1n) is 9.90. The molecule has 4 rings (SSSR count). The lowest BCUT2D eigenvalue weighted by Crippen LogP contribution is -2.52. The quantitative estimate of drug-likeness (QED) is 0.612. The summed E-state index contributed by atoms with van der Waals surface area (Å²) in [4.78, 5) is 28.0. The minimum absolute atomic E-state index is 0.126. The van der Waals surface area contributed by atoms with Crippen LogP contribution in [0.2, 0.25) is 0 Å². The van der Waals surface area contributed by atoms with Gasteiger partial charge in [0.2, 0.25) is 0 Å². The van der Waals surface area contributed by atoms with Crippen molar-refractivity contribution in [1.29, 1.82) is 0 Å². The summed E-state index contributed by atoms with van der Waals surface area (Å²) in [5, 5.41) is 2.92. The van der Waals surface area contributed by atoms with Crippen LogP contribution in [0, 0.1) is 0 Å². The van der Waals surface area contributed by atoms with E-state index >= 15 is 0 Å². The van der Waals surface area contributed by atoms with E-state index in [1.807, 2.05) is 43.3 Å². The second-order valence-corrected chi connectivity index (χ2v) is 7.89. The Morgan fingerprint density at radius 1 is 1.20 bits per heavy atom. The number of rotatable bonds is 4. The van der Waals surface area contributed by atoms with E-state index in [9.17, 15) is 4.79 Å². The molecule has 0 spiro atoms. The van der Waals surface area contributed by atoms with Crippen LogP contribution in [0.15, 0.2) is 55.0 Å². The van der Waals surface area contributed by atoms with E-state index in [1.54, 1.807) is 12.4 Å². The van der Waals surface area contributed by atoms with Gasteiger partial charge in [-0.15, -0.1) is 0 Å². The average Bonchev–Trinajstić information content (AvgIpc) is 2.74. The van der Waals surface area contributed by atoms with Crippen molar-refractivity contribution in [2.24, 2.45) is 5.73 Å². The first-order valence-corrected chi connectivity index (χ1v) is 9.90. The van der Waals surface area contributed by atoms with Gasteiger partial charge in [0.15, 0.2) is 11.5 Å². The van der Waals surface area contributed by atoms with Crippen LogP contribution in [-0.4, -0.2) is 39.5 Å². The normalized spacial score (nSPS) is 18.8. The van der Waals surface area contributed by atoms with Crippen molar-refractivity contribution in [1.82, 2.24) is 15.0 Å².